The molecule has 1 aliphatic heterocycles. The van der Waals surface area contributed by atoms with Crippen LogP contribution in [-0.2, 0) is 6.54 Å². The van der Waals surface area contributed by atoms with Crippen LogP contribution < -0.4 is 9.47 Å². The summed E-state index contributed by atoms with van der Waals surface area (Å²) in [5.41, 5.74) is 4.21. The van der Waals surface area contributed by atoms with E-state index in [-0.39, 0.29) is 18.3 Å². The van der Waals surface area contributed by atoms with Crippen molar-refractivity contribution in [1.29, 1.82) is 0 Å². The number of hydrogen-bond acceptors (Lipinski definition) is 6. The standard InChI is InChI=1S/C22H18Cl2N4O3S/c1-12-5-16(13(2)27(12)8-14-3-4-19-20(6-14)31-11-30-19)18(29)10-32-22-26-25-21-17(24)7-15(23)9-28(21)22/h3-7,9H,8,10-11H2,1-2H3. The number of halogens is 2. The molecule has 32 heavy (non-hydrogen) atoms. The fourth-order valence-electron chi connectivity index (χ4n) is 3.76. The third kappa shape index (κ3) is 3.83. The summed E-state index contributed by atoms with van der Waals surface area (Å²) in [5, 5.41) is 9.68. The summed E-state index contributed by atoms with van der Waals surface area (Å²) in [6, 6.07) is 9.44. The van der Waals surface area contributed by atoms with Crippen molar-refractivity contribution in [2.75, 3.05) is 12.5 Å². The maximum absolute atomic E-state index is 13.0. The highest BCUT2D eigenvalue weighted by atomic mass is 35.5. The largest absolute Gasteiger partial charge is 0.454 e. The highest BCUT2D eigenvalue weighted by molar-refractivity contribution is 7.99. The van der Waals surface area contributed by atoms with Gasteiger partial charge < -0.3 is 14.0 Å². The molecule has 0 aliphatic carbocycles. The van der Waals surface area contributed by atoms with Gasteiger partial charge in [0, 0.05) is 29.7 Å². The van der Waals surface area contributed by atoms with E-state index in [4.69, 9.17) is 32.7 Å². The number of benzene rings is 1. The lowest BCUT2D eigenvalue weighted by Crippen LogP contribution is -2.08. The molecule has 3 aromatic heterocycles. The number of fused-ring (bicyclic) bond motifs is 2. The van der Waals surface area contributed by atoms with Crippen molar-refractivity contribution in [1.82, 2.24) is 19.2 Å². The van der Waals surface area contributed by atoms with E-state index < -0.39 is 0 Å². The number of pyridine rings is 1. The van der Waals surface area contributed by atoms with Crippen LogP contribution in [0.2, 0.25) is 10.0 Å². The lowest BCUT2D eigenvalue weighted by atomic mass is 10.1. The summed E-state index contributed by atoms with van der Waals surface area (Å²) in [7, 11) is 0. The zero-order chi connectivity index (χ0) is 22.4. The molecule has 7 nitrogen and oxygen atoms in total. The Labute approximate surface area is 198 Å². The number of carbonyl (C=O) groups is 1. The predicted molar refractivity (Wildman–Crippen MR) is 124 cm³/mol. The van der Waals surface area contributed by atoms with Gasteiger partial charge in [-0.2, -0.15) is 0 Å². The number of aromatic nitrogens is 4. The molecule has 0 radical (unpaired) electrons. The van der Waals surface area contributed by atoms with Crippen molar-refractivity contribution in [2.45, 2.75) is 25.5 Å². The summed E-state index contributed by atoms with van der Waals surface area (Å²) < 4.78 is 14.7. The highest BCUT2D eigenvalue weighted by Gasteiger charge is 2.19. The van der Waals surface area contributed by atoms with Gasteiger partial charge in [-0.1, -0.05) is 41.0 Å². The molecule has 4 heterocycles. The Morgan fingerprint density at radius 1 is 1.12 bits per heavy atom. The van der Waals surface area contributed by atoms with Crippen LogP contribution >= 0.6 is 35.0 Å². The Bertz CT molecular complexity index is 1370. The summed E-state index contributed by atoms with van der Waals surface area (Å²) in [6.45, 7) is 4.85. The van der Waals surface area contributed by atoms with E-state index >= 15 is 0 Å². The predicted octanol–water partition coefficient (Wildman–Crippen LogP) is 5.21. The SMILES string of the molecule is Cc1cc(C(=O)CSc2nnc3c(Cl)cc(Cl)cn23)c(C)n1Cc1ccc2c(c1)OCO2. The van der Waals surface area contributed by atoms with Gasteiger partial charge in [0.05, 0.1) is 15.8 Å². The number of ketones is 1. The average molecular weight is 489 g/mol. The van der Waals surface area contributed by atoms with Crippen molar-refractivity contribution in [3.8, 4) is 11.5 Å². The Balaban J connectivity index is 1.34. The van der Waals surface area contributed by atoms with Gasteiger partial charge in [-0.05, 0) is 43.7 Å². The molecule has 0 fully saturated rings. The zero-order valence-corrected chi connectivity index (χ0v) is 19.6. The minimum absolute atomic E-state index is 0.0184. The second-order valence-corrected chi connectivity index (χ2v) is 9.24. The number of ether oxygens (including phenoxy) is 2. The molecule has 0 atom stereocenters. The molecular weight excluding hydrogens is 471 g/mol. The Hall–Kier alpha value is -2.68. The Kier molecular flexibility index (Phi) is 5.53. The number of aryl methyl sites for hydroxylation is 1. The second-order valence-electron chi connectivity index (χ2n) is 7.45. The third-order valence-corrected chi connectivity index (χ3v) is 6.81. The van der Waals surface area contributed by atoms with Crippen LogP contribution in [-0.4, -0.2) is 37.5 Å². The minimum atomic E-state index is 0.0184. The monoisotopic (exact) mass is 488 g/mol. The van der Waals surface area contributed by atoms with Gasteiger partial charge in [0.2, 0.25) is 6.79 Å². The first-order valence-corrected chi connectivity index (χ1v) is 11.6. The van der Waals surface area contributed by atoms with Gasteiger partial charge in [-0.3, -0.25) is 9.20 Å². The van der Waals surface area contributed by atoms with Crippen LogP contribution in [0.4, 0.5) is 0 Å². The first kappa shape index (κ1) is 21.2. The number of hydrogen-bond donors (Lipinski definition) is 0. The molecule has 5 rings (SSSR count). The normalized spacial score (nSPS) is 12.6. The van der Waals surface area contributed by atoms with Crippen molar-refractivity contribution < 1.29 is 14.3 Å². The fourth-order valence-corrected chi connectivity index (χ4v) is 5.06. The zero-order valence-electron chi connectivity index (χ0n) is 17.3. The van der Waals surface area contributed by atoms with Crippen LogP contribution in [0.5, 0.6) is 11.5 Å². The summed E-state index contributed by atoms with van der Waals surface area (Å²) in [6.07, 6.45) is 1.69. The molecule has 4 aromatic rings. The minimum Gasteiger partial charge on any atom is -0.454 e. The molecular formula is C22H18Cl2N4O3S. The van der Waals surface area contributed by atoms with Crippen LogP contribution in [0.25, 0.3) is 5.65 Å². The molecule has 0 bridgehead atoms. The third-order valence-electron chi connectivity index (χ3n) is 5.38. The second kappa shape index (κ2) is 8.35. The average Bonchev–Trinajstić information content (AvgIpc) is 3.46. The van der Waals surface area contributed by atoms with Crippen LogP contribution in [0.3, 0.4) is 0 Å². The quantitative estimate of drug-likeness (QED) is 0.274. The van der Waals surface area contributed by atoms with Crippen molar-refractivity contribution >= 4 is 46.4 Å². The van der Waals surface area contributed by atoms with Gasteiger partial charge in [-0.15, -0.1) is 10.2 Å². The van der Waals surface area contributed by atoms with E-state index in [0.717, 1.165) is 28.5 Å². The van der Waals surface area contributed by atoms with E-state index in [2.05, 4.69) is 14.8 Å². The fraction of sp³-hybridized carbons (Fsp3) is 0.227. The van der Waals surface area contributed by atoms with E-state index in [1.165, 1.54) is 11.8 Å². The van der Waals surface area contributed by atoms with E-state index in [9.17, 15) is 4.79 Å². The molecule has 0 saturated carbocycles. The Morgan fingerprint density at radius 3 is 2.78 bits per heavy atom. The van der Waals surface area contributed by atoms with E-state index in [1.54, 1.807) is 16.7 Å². The van der Waals surface area contributed by atoms with Gasteiger partial charge >= 0.3 is 0 Å². The van der Waals surface area contributed by atoms with Crippen LogP contribution in [0.1, 0.15) is 27.3 Å². The first-order valence-electron chi connectivity index (χ1n) is 9.82. The summed E-state index contributed by atoms with van der Waals surface area (Å²) in [4.78, 5) is 13.0. The van der Waals surface area contributed by atoms with Crippen LogP contribution in [0, 0.1) is 13.8 Å². The van der Waals surface area contributed by atoms with Gasteiger partial charge in [0.25, 0.3) is 0 Å². The molecule has 0 amide bonds. The topological polar surface area (TPSA) is 70.7 Å². The Morgan fingerprint density at radius 2 is 1.94 bits per heavy atom. The molecule has 10 heteroatoms. The lowest BCUT2D eigenvalue weighted by Gasteiger charge is -2.10. The smallest absolute Gasteiger partial charge is 0.231 e. The first-order chi connectivity index (χ1) is 15.4. The van der Waals surface area contributed by atoms with Gasteiger partial charge in [0.1, 0.15) is 0 Å². The van der Waals surface area contributed by atoms with Crippen molar-refractivity contribution in [2.24, 2.45) is 0 Å². The number of thioether (sulfide) groups is 1. The van der Waals surface area contributed by atoms with Crippen molar-refractivity contribution in [3.63, 3.8) is 0 Å². The lowest BCUT2D eigenvalue weighted by molar-refractivity contribution is 0.102. The summed E-state index contributed by atoms with van der Waals surface area (Å²) >= 11 is 13.6. The summed E-state index contributed by atoms with van der Waals surface area (Å²) in [5.74, 6) is 1.74. The molecule has 164 valence electrons. The van der Waals surface area contributed by atoms with E-state index in [0.29, 0.717) is 33.0 Å². The number of Topliss-reactive ketones (excluding diaryl/α,β-unsaturated/α-hetero) is 1. The molecule has 1 aromatic carbocycles. The number of rotatable bonds is 6. The maximum atomic E-state index is 13.0. The molecule has 1 aliphatic rings. The van der Waals surface area contributed by atoms with Gasteiger partial charge in [0.15, 0.2) is 28.1 Å². The molecule has 0 N–H and O–H groups in total. The number of nitrogens with zero attached hydrogens (tertiary/aromatic N) is 4. The van der Waals surface area contributed by atoms with Crippen molar-refractivity contribution in [3.05, 3.63) is 69.1 Å². The van der Waals surface area contributed by atoms with Gasteiger partial charge in [-0.25, -0.2) is 0 Å². The molecule has 0 spiro atoms. The maximum Gasteiger partial charge on any atom is 0.231 e. The highest BCUT2D eigenvalue weighted by Crippen LogP contribution is 2.33. The number of carbonyl (C=O) groups excluding carboxylic acids is 1. The van der Waals surface area contributed by atoms with Crippen LogP contribution in [0.15, 0.2) is 41.7 Å². The molecule has 0 saturated heterocycles. The molecule has 0 unspecified atom stereocenters. The van der Waals surface area contributed by atoms with E-state index in [1.807, 2.05) is 38.1 Å².